The van der Waals surface area contributed by atoms with Gasteiger partial charge in [-0.1, -0.05) is 29.5 Å². The number of anilines is 1. The van der Waals surface area contributed by atoms with E-state index in [2.05, 4.69) is 20.8 Å². The van der Waals surface area contributed by atoms with Gasteiger partial charge in [-0.05, 0) is 50.2 Å². The molecule has 8 nitrogen and oxygen atoms in total. The van der Waals surface area contributed by atoms with Crippen LogP contribution in [-0.2, 0) is 11.8 Å². The number of carbonyl (C=O) groups excluding carboxylic acids is 2. The van der Waals surface area contributed by atoms with Crippen molar-refractivity contribution >= 4 is 29.3 Å². The fourth-order valence-electron chi connectivity index (χ4n) is 2.88. The van der Waals surface area contributed by atoms with Crippen LogP contribution in [0, 0.1) is 6.92 Å². The van der Waals surface area contributed by atoms with E-state index in [1.54, 1.807) is 48.1 Å². The Morgan fingerprint density at radius 3 is 2.42 bits per heavy atom. The van der Waals surface area contributed by atoms with Gasteiger partial charge in [0.1, 0.15) is 5.75 Å². The van der Waals surface area contributed by atoms with Crippen molar-refractivity contribution in [2.45, 2.75) is 25.0 Å². The van der Waals surface area contributed by atoms with Crippen LogP contribution in [0.5, 0.6) is 5.75 Å². The van der Waals surface area contributed by atoms with Crippen molar-refractivity contribution in [3.63, 3.8) is 0 Å². The number of hydrogen-bond donors (Lipinski definition) is 2. The smallest absolute Gasteiger partial charge is 0.251 e. The molecule has 1 aromatic heterocycles. The first-order valence-electron chi connectivity index (χ1n) is 9.71. The first kappa shape index (κ1) is 22.4. The van der Waals surface area contributed by atoms with Crippen molar-refractivity contribution in [1.29, 1.82) is 0 Å². The third kappa shape index (κ3) is 5.85. The van der Waals surface area contributed by atoms with Gasteiger partial charge in [0, 0.05) is 18.3 Å². The van der Waals surface area contributed by atoms with Gasteiger partial charge >= 0.3 is 0 Å². The molecule has 0 unspecified atom stereocenters. The molecule has 0 radical (unpaired) electrons. The third-order valence-electron chi connectivity index (χ3n) is 4.62. The first-order chi connectivity index (χ1) is 14.9. The lowest BCUT2D eigenvalue weighted by Gasteiger charge is -2.13. The Labute approximate surface area is 185 Å². The summed E-state index contributed by atoms with van der Waals surface area (Å²) in [5.41, 5.74) is 2.37. The quantitative estimate of drug-likeness (QED) is 0.523. The Bertz CT molecular complexity index is 1050. The van der Waals surface area contributed by atoms with E-state index in [1.807, 2.05) is 33.0 Å². The molecule has 3 rings (SSSR count). The molecule has 2 aromatic carbocycles. The number of aromatic nitrogens is 3. The molecule has 1 atom stereocenters. The average molecular weight is 440 g/mol. The highest BCUT2D eigenvalue weighted by Gasteiger charge is 2.19. The number of rotatable bonds is 8. The number of nitrogens with zero attached hydrogens (tertiary/aromatic N) is 3. The zero-order valence-corrected chi connectivity index (χ0v) is 18.7. The lowest BCUT2D eigenvalue weighted by atomic mass is 10.1. The molecule has 162 valence electrons. The molecule has 0 saturated carbocycles. The number of benzene rings is 2. The Balaban J connectivity index is 1.55. The summed E-state index contributed by atoms with van der Waals surface area (Å²) in [4.78, 5) is 24.7. The number of ether oxygens (including phenoxy) is 1. The number of aryl methyl sites for hydroxylation is 1. The van der Waals surface area contributed by atoms with Crippen LogP contribution in [0.25, 0.3) is 0 Å². The van der Waals surface area contributed by atoms with Crippen molar-refractivity contribution < 1.29 is 14.3 Å². The minimum Gasteiger partial charge on any atom is -0.497 e. The second-order valence-electron chi connectivity index (χ2n) is 7.03. The van der Waals surface area contributed by atoms with Crippen LogP contribution in [0.1, 0.15) is 34.7 Å². The van der Waals surface area contributed by atoms with Gasteiger partial charge in [-0.3, -0.25) is 9.59 Å². The van der Waals surface area contributed by atoms with Crippen LogP contribution in [0.4, 0.5) is 5.69 Å². The molecule has 2 N–H and O–H groups in total. The fourth-order valence-corrected chi connectivity index (χ4v) is 3.60. The highest BCUT2D eigenvalue weighted by atomic mass is 32.2. The molecule has 0 spiro atoms. The van der Waals surface area contributed by atoms with E-state index in [1.165, 1.54) is 11.8 Å². The number of hydrogen-bond acceptors (Lipinski definition) is 6. The average Bonchev–Trinajstić information content (AvgIpc) is 3.13. The van der Waals surface area contributed by atoms with E-state index in [0.29, 0.717) is 22.2 Å². The molecular weight excluding hydrogens is 414 g/mol. The standard InChI is InChI=1S/C22H25N5O3S/c1-14-5-7-16(8-6-14)21(29)23-15(2)20-25-26-22(27(20)3)31-13-19(28)24-17-9-11-18(30-4)12-10-17/h5-12,15H,13H2,1-4H3,(H,23,29)(H,24,28)/t15-/m0/s1. The van der Waals surface area contributed by atoms with E-state index in [0.717, 1.165) is 11.3 Å². The van der Waals surface area contributed by atoms with Crippen LogP contribution in [0.2, 0.25) is 0 Å². The minimum absolute atomic E-state index is 0.152. The summed E-state index contributed by atoms with van der Waals surface area (Å²) in [6, 6.07) is 14.2. The van der Waals surface area contributed by atoms with Gasteiger partial charge in [0.25, 0.3) is 5.91 Å². The van der Waals surface area contributed by atoms with Crippen LogP contribution in [-0.4, -0.2) is 39.4 Å². The molecule has 0 saturated heterocycles. The molecule has 9 heteroatoms. The Morgan fingerprint density at radius 2 is 1.77 bits per heavy atom. The van der Waals surface area contributed by atoms with Gasteiger partial charge in [0.05, 0.1) is 18.9 Å². The summed E-state index contributed by atoms with van der Waals surface area (Å²) in [6.07, 6.45) is 0. The Hall–Kier alpha value is -3.33. The summed E-state index contributed by atoms with van der Waals surface area (Å²) in [5.74, 6) is 1.19. The van der Waals surface area contributed by atoms with Crippen molar-refractivity contribution in [2.24, 2.45) is 7.05 Å². The fraction of sp³-hybridized carbons (Fsp3) is 0.273. The highest BCUT2D eigenvalue weighted by Crippen LogP contribution is 2.20. The van der Waals surface area contributed by atoms with Gasteiger partial charge in [0.2, 0.25) is 5.91 Å². The number of nitrogens with one attached hydrogen (secondary N) is 2. The Morgan fingerprint density at radius 1 is 1.10 bits per heavy atom. The van der Waals surface area contributed by atoms with Crippen LogP contribution < -0.4 is 15.4 Å². The zero-order chi connectivity index (χ0) is 22.4. The molecule has 31 heavy (non-hydrogen) atoms. The molecule has 0 aliphatic rings. The van der Waals surface area contributed by atoms with Crippen LogP contribution in [0.15, 0.2) is 53.7 Å². The molecule has 0 fully saturated rings. The molecule has 2 amide bonds. The predicted molar refractivity (Wildman–Crippen MR) is 120 cm³/mol. The summed E-state index contributed by atoms with van der Waals surface area (Å²) < 4.78 is 6.89. The lowest BCUT2D eigenvalue weighted by molar-refractivity contribution is -0.113. The van der Waals surface area contributed by atoms with Gasteiger partial charge in [-0.25, -0.2) is 0 Å². The van der Waals surface area contributed by atoms with Crippen LogP contribution >= 0.6 is 11.8 Å². The predicted octanol–water partition coefficient (Wildman–Crippen LogP) is 3.35. The van der Waals surface area contributed by atoms with Gasteiger partial charge in [-0.2, -0.15) is 0 Å². The normalized spacial score (nSPS) is 11.6. The van der Waals surface area contributed by atoms with Gasteiger partial charge in [0.15, 0.2) is 11.0 Å². The monoisotopic (exact) mass is 439 g/mol. The summed E-state index contributed by atoms with van der Waals surface area (Å²) in [5, 5.41) is 14.7. The van der Waals surface area contributed by atoms with E-state index < -0.39 is 0 Å². The maximum absolute atomic E-state index is 12.5. The second-order valence-corrected chi connectivity index (χ2v) is 7.97. The maximum atomic E-state index is 12.5. The van der Waals surface area contributed by atoms with Crippen molar-refractivity contribution in [3.05, 3.63) is 65.5 Å². The molecule has 0 bridgehead atoms. The summed E-state index contributed by atoms with van der Waals surface area (Å²) in [7, 11) is 3.40. The van der Waals surface area contributed by atoms with Crippen molar-refractivity contribution in [3.8, 4) is 5.75 Å². The second kappa shape index (κ2) is 10.1. The molecule has 0 aliphatic carbocycles. The van der Waals surface area contributed by atoms with E-state index in [4.69, 9.17) is 4.74 Å². The van der Waals surface area contributed by atoms with Crippen LogP contribution in [0.3, 0.4) is 0 Å². The van der Waals surface area contributed by atoms with Gasteiger partial charge in [-0.15, -0.1) is 10.2 Å². The molecule has 1 heterocycles. The van der Waals surface area contributed by atoms with Crippen molar-refractivity contribution in [1.82, 2.24) is 20.1 Å². The molecular formula is C22H25N5O3S. The maximum Gasteiger partial charge on any atom is 0.251 e. The molecule has 0 aliphatic heterocycles. The summed E-state index contributed by atoms with van der Waals surface area (Å²) >= 11 is 1.28. The van der Waals surface area contributed by atoms with E-state index in [-0.39, 0.29) is 23.6 Å². The molecule has 3 aromatic rings. The minimum atomic E-state index is -0.339. The lowest BCUT2D eigenvalue weighted by Crippen LogP contribution is -2.28. The number of amides is 2. The Kier molecular flexibility index (Phi) is 7.30. The van der Waals surface area contributed by atoms with Crippen molar-refractivity contribution in [2.75, 3.05) is 18.2 Å². The summed E-state index contributed by atoms with van der Waals surface area (Å²) in [6.45, 7) is 3.82. The number of thioether (sulfide) groups is 1. The van der Waals surface area contributed by atoms with E-state index >= 15 is 0 Å². The topological polar surface area (TPSA) is 98.1 Å². The van der Waals surface area contributed by atoms with E-state index in [9.17, 15) is 9.59 Å². The number of carbonyl (C=O) groups is 2. The number of methoxy groups -OCH3 is 1. The highest BCUT2D eigenvalue weighted by molar-refractivity contribution is 7.99. The largest absolute Gasteiger partial charge is 0.497 e. The van der Waals surface area contributed by atoms with Gasteiger partial charge < -0.3 is 19.9 Å². The SMILES string of the molecule is COc1ccc(NC(=O)CSc2nnc([C@H](C)NC(=O)c3ccc(C)cc3)n2C)cc1. The first-order valence-corrected chi connectivity index (χ1v) is 10.7. The third-order valence-corrected chi connectivity index (χ3v) is 5.64. The zero-order valence-electron chi connectivity index (χ0n) is 17.9.